The summed E-state index contributed by atoms with van der Waals surface area (Å²) in [5.41, 5.74) is 2.62. The Morgan fingerprint density at radius 3 is 2.14 bits per heavy atom. The fourth-order valence-electron chi connectivity index (χ4n) is 4.05. The van der Waals surface area contributed by atoms with E-state index in [0.717, 1.165) is 27.6 Å². The molecule has 0 aromatic heterocycles. The van der Waals surface area contributed by atoms with E-state index < -0.39 is 6.10 Å². The molecule has 0 radical (unpaired) electrons. The lowest BCUT2D eigenvalue weighted by Gasteiger charge is -2.19. The van der Waals surface area contributed by atoms with Gasteiger partial charge in [-0.2, -0.15) is 0 Å². The van der Waals surface area contributed by atoms with Gasteiger partial charge < -0.3 is 4.74 Å². The standard InChI is InChI=1S/C25H16Cl2O2/c26-18-10-5-16(6-11-18)22-23-20-4-2-1-3-15(20)9-14-21(23)29-25(22)24(28)17-7-12-19(27)13-8-17/h1-14,22,25H/t22-,25-/m0/s1. The lowest BCUT2D eigenvalue weighted by molar-refractivity contribution is 0.0807. The third kappa shape index (κ3) is 3.19. The molecule has 2 atom stereocenters. The van der Waals surface area contributed by atoms with Crippen molar-refractivity contribution in [2.75, 3.05) is 0 Å². The third-order valence-electron chi connectivity index (χ3n) is 5.41. The molecule has 0 saturated heterocycles. The van der Waals surface area contributed by atoms with E-state index in [0.29, 0.717) is 15.6 Å². The van der Waals surface area contributed by atoms with E-state index >= 15 is 0 Å². The van der Waals surface area contributed by atoms with E-state index in [-0.39, 0.29) is 11.7 Å². The van der Waals surface area contributed by atoms with Crippen LogP contribution in [0.1, 0.15) is 27.4 Å². The van der Waals surface area contributed by atoms with Gasteiger partial charge in [0.25, 0.3) is 0 Å². The molecule has 0 fully saturated rings. The summed E-state index contributed by atoms with van der Waals surface area (Å²) in [4.78, 5) is 13.4. The fourth-order valence-corrected chi connectivity index (χ4v) is 4.30. The topological polar surface area (TPSA) is 26.3 Å². The minimum absolute atomic E-state index is 0.0677. The van der Waals surface area contributed by atoms with Crippen LogP contribution in [0.15, 0.2) is 84.9 Å². The Hall–Kier alpha value is -2.81. The van der Waals surface area contributed by atoms with Crippen LogP contribution < -0.4 is 4.74 Å². The average Bonchev–Trinajstić information content (AvgIpc) is 3.14. The smallest absolute Gasteiger partial charge is 0.204 e. The van der Waals surface area contributed by atoms with Crippen molar-refractivity contribution in [3.05, 3.63) is 112 Å². The Bertz CT molecular complexity index is 1210. The molecule has 1 heterocycles. The number of Topliss-reactive ketones (excluding diaryl/α,β-unsaturated/α-hetero) is 1. The maximum absolute atomic E-state index is 13.4. The second-order valence-corrected chi connectivity index (χ2v) is 8.01. The van der Waals surface area contributed by atoms with Crippen molar-refractivity contribution >= 4 is 39.8 Å². The molecule has 0 spiro atoms. The highest BCUT2D eigenvalue weighted by Gasteiger charge is 2.41. The molecule has 0 N–H and O–H groups in total. The quantitative estimate of drug-likeness (QED) is 0.337. The predicted molar refractivity (Wildman–Crippen MR) is 117 cm³/mol. The zero-order chi connectivity index (χ0) is 20.0. The highest BCUT2D eigenvalue weighted by atomic mass is 35.5. The maximum atomic E-state index is 13.4. The Kier molecular flexibility index (Phi) is 4.54. The van der Waals surface area contributed by atoms with Crippen LogP contribution in [0.4, 0.5) is 0 Å². The SMILES string of the molecule is O=C(c1ccc(Cl)cc1)[C@H]1Oc2ccc3ccccc3c2[C@@H]1c1ccc(Cl)cc1. The van der Waals surface area contributed by atoms with Gasteiger partial charge in [-0.05, 0) is 58.8 Å². The lowest BCUT2D eigenvalue weighted by atomic mass is 9.83. The molecule has 0 amide bonds. The van der Waals surface area contributed by atoms with Gasteiger partial charge in [-0.25, -0.2) is 0 Å². The van der Waals surface area contributed by atoms with Gasteiger partial charge in [0, 0.05) is 21.2 Å². The molecule has 0 unspecified atom stereocenters. The Balaban J connectivity index is 1.68. The Morgan fingerprint density at radius 1 is 0.759 bits per heavy atom. The van der Waals surface area contributed by atoms with Crippen LogP contribution in [0, 0.1) is 0 Å². The van der Waals surface area contributed by atoms with Crippen molar-refractivity contribution in [1.29, 1.82) is 0 Å². The zero-order valence-electron chi connectivity index (χ0n) is 15.3. The number of carbonyl (C=O) groups excluding carboxylic acids is 1. The van der Waals surface area contributed by atoms with Gasteiger partial charge >= 0.3 is 0 Å². The van der Waals surface area contributed by atoms with E-state index in [2.05, 4.69) is 12.1 Å². The van der Waals surface area contributed by atoms with Gasteiger partial charge in [0.05, 0.1) is 5.92 Å². The first kappa shape index (κ1) is 18.2. The molecule has 1 aliphatic rings. The monoisotopic (exact) mass is 418 g/mol. The number of carbonyl (C=O) groups is 1. The fraction of sp³-hybridized carbons (Fsp3) is 0.0800. The lowest BCUT2D eigenvalue weighted by Crippen LogP contribution is -2.30. The summed E-state index contributed by atoms with van der Waals surface area (Å²) in [6.45, 7) is 0. The molecule has 5 rings (SSSR count). The van der Waals surface area contributed by atoms with Gasteiger partial charge in [-0.3, -0.25) is 4.79 Å². The second kappa shape index (κ2) is 7.22. The molecule has 0 bridgehead atoms. The van der Waals surface area contributed by atoms with Crippen molar-refractivity contribution in [1.82, 2.24) is 0 Å². The summed E-state index contributed by atoms with van der Waals surface area (Å²) in [5, 5.41) is 3.47. The number of benzene rings is 4. The maximum Gasteiger partial charge on any atom is 0.204 e. The largest absolute Gasteiger partial charge is 0.481 e. The van der Waals surface area contributed by atoms with Crippen molar-refractivity contribution < 1.29 is 9.53 Å². The van der Waals surface area contributed by atoms with Gasteiger partial charge in [0.2, 0.25) is 5.78 Å². The summed E-state index contributed by atoms with van der Waals surface area (Å²) in [6, 6.07) is 26.7. The van der Waals surface area contributed by atoms with Crippen LogP contribution in [0.2, 0.25) is 10.0 Å². The first-order valence-electron chi connectivity index (χ1n) is 9.35. The molecule has 1 aliphatic heterocycles. The molecule has 4 heteroatoms. The van der Waals surface area contributed by atoms with Crippen LogP contribution in [0.3, 0.4) is 0 Å². The molecular formula is C25H16Cl2O2. The minimum atomic E-state index is -0.654. The highest BCUT2D eigenvalue weighted by Crippen LogP contribution is 2.47. The van der Waals surface area contributed by atoms with Gasteiger partial charge in [0.1, 0.15) is 5.75 Å². The van der Waals surface area contributed by atoms with E-state index in [1.165, 1.54) is 0 Å². The van der Waals surface area contributed by atoms with Gasteiger partial charge in [0.15, 0.2) is 6.10 Å². The van der Waals surface area contributed by atoms with Crippen LogP contribution in [0.5, 0.6) is 5.75 Å². The molecule has 2 nitrogen and oxygen atoms in total. The summed E-state index contributed by atoms with van der Waals surface area (Å²) in [5.74, 6) is 0.453. The first-order chi connectivity index (χ1) is 14.1. The number of hydrogen-bond donors (Lipinski definition) is 0. The normalized spacial score (nSPS) is 17.7. The molecular weight excluding hydrogens is 403 g/mol. The zero-order valence-corrected chi connectivity index (χ0v) is 16.8. The average molecular weight is 419 g/mol. The summed E-state index contributed by atoms with van der Waals surface area (Å²) < 4.78 is 6.24. The highest BCUT2D eigenvalue weighted by molar-refractivity contribution is 6.31. The number of ether oxygens (including phenoxy) is 1. The summed E-state index contributed by atoms with van der Waals surface area (Å²) >= 11 is 12.1. The number of rotatable bonds is 3. The predicted octanol–water partition coefficient (Wildman–Crippen LogP) is 6.92. The van der Waals surface area contributed by atoms with E-state index in [1.807, 2.05) is 48.5 Å². The Morgan fingerprint density at radius 2 is 1.41 bits per heavy atom. The second-order valence-electron chi connectivity index (χ2n) is 7.14. The summed E-state index contributed by atoms with van der Waals surface area (Å²) in [6.07, 6.45) is -0.654. The molecule has 29 heavy (non-hydrogen) atoms. The molecule has 0 saturated carbocycles. The third-order valence-corrected chi connectivity index (χ3v) is 5.92. The van der Waals surface area contributed by atoms with Crippen LogP contribution >= 0.6 is 23.2 Å². The van der Waals surface area contributed by atoms with Crippen LogP contribution in [-0.4, -0.2) is 11.9 Å². The number of fused-ring (bicyclic) bond motifs is 3. The number of halogens is 2. The van der Waals surface area contributed by atoms with Crippen molar-refractivity contribution in [2.45, 2.75) is 12.0 Å². The minimum Gasteiger partial charge on any atom is -0.481 e. The molecule has 4 aromatic rings. The van der Waals surface area contributed by atoms with Crippen molar-refractivity contribution in [3.8, 4) is 5.75 Å². The van der Waals surface area contributed by atoms with Crippen LogP contribution in [0.25, 0.3) is 10.8 Å². The van der Waals surface area contributed by atoms with E-state index in [4.69, 9.17) is 27.9 Å². The molecule has 142 valence electrons. The van der Waals surface area contributed by atoms with Crippen LogP contribution in [-0.2, 0) is 0 Å². The summed E-state index contributed by atoms with van der Waals surface area (Å²) in [7, 11) is 0. The van der Waals surface area contributed by atoms with Crippen molar-refractivity contribution in [2.24, 2.45) is 0 Å². The van der Waals surface area contributed by atoms with E-state index in [1.54, 1.807) is 24.3 Å². The first-order valence-corrected chi connectivity index (χ1v) is 10.1. The Labute approximate surface area is 178 Å². The van der Waals surface area contributed by atoms with Gasteiger partial charge in [-0.1, -0.05) is 65.7 Å². The van der Waals surface area contributed by atoms with Gasteiger partial charge in [-0.15, -0.1) is 0 Å². The number of hydrogen-bond acceptors (Lipinski definition) is 2. The molecule has 0 aliphatic carbocycles. The molecule has 4 aromatic carbocycles. The number of ketones is 1. The van der Waals surface area contributed by atoms with E-state index in [9.17, 15) is 4.79 Å². The van der Waals surface area contributed by atoms with Crippen molar-refractivity contribution in [3.63, 3.8) is 0 Å².